The van der Waals surface area contributed by atoms with Crippen LogP contribution >= 0.6 is 0 Å². The maximum Gasteiger partial charge on any atom is 0.268 e. The summed E-state index contributed by atoms with van der Waals surface area (Å²) in [5.74, 6) is 0. The van der Waals surface area contributed by atoms with Crippen LogP contribution in [0.3, 0.4) is 0 Å². The van der Waals surface area contributed by atoms with Gasteiger partial charge in [0, 0.05) is 58.2 Å². The second-order valence-corrected chi connectivity index (χ2v) is 7.00. The second-order valence-electron chi connectivity index (χ2n) is 7.00. The standard InChI is InChI=1S/C20H24N6O/c1-16-12-18(26-7-3-6-21-26)5-4-17(16)15-24-8-10-25(11-9-24)19-13-20(27)23(2)22-14-19/h3-7,12-14H,8-11,15H2,1-2H3. The largest absolute Gasteiger partial charge is 0.368 e. The van der Waals surface area contributed by atoms with E-state index in [1.807, 2.05) is 16.9 Å². The molecule has 0 bridgehead atoms. The minimum Gasteiger partial charge on any atom is -0.368 e. The number of hydrogen-bond acceptors (Lipinski definition) is 5. The van der Waals surface area contributed by atoms with Crippen LogP contribution in [0.5, 0.6) is 0 Å². The lowest BCUT2D eigenvalue weighted by atomic mass is 10.1. The van der Waals surface area contributed by atoms with Gasteiger partial charge in [-0.1, -0.05) is 6.07 Å². The minimum absolute atomic E-state index is 0.0668. The first-order valence-corrected chi connectivity index (χ1v) is 9.20. The van der Waals surface area contributed by atoms with E-state index in [-0.39, 0.29) is 5.56 Å². The Labute approximate surface area is 158 Å². The molecule has 0 radical (unpaired) electrons. The van der Waals surface area contributed by atoms with Crippen molar-refractivity contribution < 1.29 is 0 Å². The van der Waals surface area contributed by atoms with Crippen molar-refractivity contribution in [2.75, 3.05) is 31.1 Å². The summed E-state index contributed by atoms with van der Waals surface area (Å²) < 4.78 is 3.24. The summed E-state index contributed by atoms with van der Waals surface area (Å²) in [6.07, 6.45) is 5.52. The van der Waals surface area contributed by atoms with Crippen molar-refractivity contribution in [3.8, 4) is 5.69 Å². The first kappa shape index (κ1) is 17.5. The Morgan fingerprint density at radius 1 is 1.04 bits per heavy atom. The molecule has 7 nitrogen and oxygen atoms in total. The van der Waals surface area contributed by atoms with E-state index < -0.39 is 0 Å². The molecule has 0 saturated carbocycles. The van der Waals surface area contributed by atoms with Gasteiger partial charge >= 0.3 is 0 Å². The van der Waals surface area contributed by atoms with Crippen LogP contribution in [-0.2, 0) is 13.6 Å². The highest BCUT2D eigenvalue weighted by molar-refractivity contribution is 5.43. The molecule has 2 aromatic heterocycles. The first-order valence-electron chi connectivity index (χ1n) is 9.20. The van der Waals surface area contributed by atoms with Gasteiger partial charge in [-0.25, -0.2) is 9.36 Å². The fourth-order valence-electron chi connectivity index (χ4n) is 3.46. The summed E-state index contributed by atoms with van der Waals surface area (Å²) >= 11 is 0. The summed E-state index contributed by atoms with van der Waals surface area (Å²) in [6, 6.07) is 10.1. The number of hydrogen-bond donors (Lipinski definition) is 0. The van der Waals surface area contributed by atoms with Crippen molar-refractivity contribution in [3.05, 3.63) is 70.4 Å². The summed E-state index contributed by atoms with van der Waals surface area (Å²) in [6.45, 7) is 6.83. The molecule has 1 saturated heterocycles. The van der Waals surface area contributed by atoms with Crippen LogP contribution < -0.4 is 10.5 Å². The molecule has 7 heteroatoms. The van der Waals surface area contributed by atoms with E-state index in [9.17, 15) is 4.79 Å². The zero-order valence-corrected chi connectivity index (χ0v) is 15.7. The Bertz CT molecular complexity index is 970. The molecule has 0 spiro atoms. The lowest BCUT2D eigenvalue weighted by molar-refractivity contribution is 0.249. The van der Waals surface area contributed by atoms with Crippen LogP contribution in [-0.4, -0.2) is 50.6 Å². The molecule has 1 fully saturated rings. The van der Waals surface area contributed by atoms with E-state index in [4.69, 9.17) is 0 Å². The van der Waals surface area contributed by atoms with E-state index >= 15 is 0 Å². The third-order valence-corrected chi connectivity index (χ3v) is 5.18. The minimum atomic E-state index is -0.0668. The Morgan fingerprint density at radius 3 is 2.52 bits per heavy atom. The molecule has 0 unspecified atom stereocenters. The topological polar surface area (TPSA) is 59.2 Å². The van der Waals surface area contributed by atoms with Gasteiger partial charge in [0.1, 0.15) is 0 Å². The zero-order chi connectivity index (χ0) is 18.8. The van der Waals surface area contributed by atoms with E-state index in [1.54, 1.807) is 25.5 Å². The fraction of sp³-hybridized carbons (Fsp3) is 0.350. The highest BCUT2D eigenvalue weighted by Gasteiger charge is 2.18. The van der Waals surface area contributed by atoms with Gasteiger partial charge < -0.3 is 4.90 Å². The third-order valence-electron chi connectivity index (χ3n) is 5.18. The zero-order valence-electron chi connectivity index (χ0n) is 15.7. The van der Waals surface area contributed by atoms with Gasteiger partial charge in [0.05, 0.1) is 17.6 Å². The molecule has 4 rings (SSSR count). The maximum absolute atomic E-state index is 11.8. The van der Waals surface area contributed by atoms with Crippen molar-refractivity contribution in [3.63, 3.8) is 0 Å². The average molecular weight is 364 g/mol. The number of aromatic nitrogens is 4. The molecule has 140 valence electrons. The van der Waals surface area contributed by atoms with Crippen LogP contribution in [0.25, 0.3) is 5.69 Å². The molecule has 3 aromatic rings. The number of rotatable bonds is 4. The summed E-state index contributed by atoms with van der Waals surface area (Å²) in [5, 5.41) is 8.42. The Balaban J connectivity index is 1.39. The Morgan fingerprint density at radius 2 is 1.85 bits per heavy atom. The van der Waals surface area contributed by atoms with Gasteiger partial charge in [-0.3, -0.25) is 9.69 Å². The number of aryl methyl sites for hydroxylation is 2. The number of anilines is 1. The predicted molar refractivity (Wildman–Crippen MR) is 105 cm³/mol. The molecular weight excluding hydrogens is 340 g/mol. The number of nitrogens with zero attached hydrogens (tertiary/aromatic N) is 6. The average Bonchev–Trinajstić information content (AvgIpc) is 3.21. The van der Waals surface area contributed by atoms with Crippen LogP contribution in [0.4, 0.5) is 5.69 Å². The van der Waals surface area contributed by atoms with Crippen molar-refractivity contribution in [2.24, 2.45) is 7.05 Å². The van der Waals surface area contributed by atoms with Gasteiger partial charge in [0.25, 0.3) is 5.56 Å². The molecule has 1 aliphatic heterocycles. The normalized spacial score (nSPS) is 15.3. The van der Waals surface area contributed by atoms with Crippen LogP contribution in [0.2, 0.25) is 0 Å². The van der Waals surface area contributed by atoms with Gasteiger partial charge in [0.15, 0.2) is 0 Å². The molecule has 0 N–H and O–H groups in total. The fourth-order valence-corrected chi connectivity index (χ4v) is 3.46. The van der Waals surface area contributed by atoms with Gasteiger partial charge in [-0.05, 0) is 36.2 Å². The van der Waals surface area contributed by atoms with Crippen LogP contribution in [0.1, 0.15) is 11.1 Å². The highest BCUT2D eigenvalue weighted by atomic mass is 16.1. The summed E-state index contributed by atoms with van der Waals surface area (Å²) in [7, 11) is 1.67. The smallest absolute Gasteiger partial charge is 0.268 e. The van der Waals surface area contributed by atoms with E-state index in [1.165, 1.54) is 15.8 Å². The number of piperazine rings is 1. The van der Waals surface area contributed by atoms with Gasteiger partial charge in [-0.15, -0.1) is 0 Å². The van der Waals surface area contributed by atoms with E-state index in [0.717, 1.165) is 44.1 Å². The number of benzene rings is 1. The van der Waals surface area contributed by atoms with Crippen LogP contribution in [0, 0.1) is 6.92 Å². The lowest BCUT2D eigenvalue weighted by Gasteiger charge is -2.36. The third kappa shape index (κ3) is 3.78. The van der Waals surface area contributed by atoms with Crippen molar-refractivity contribution in [2.45, 2.75) is 13.5 Å². The Hall–Kier alpha value is -2.93. The van der Waals surface area contributed by atoms with Crippen molar-refractivity contribution >= 4 is 5.69 Å². The first-order chi connectivity index (χ1) is 13.1. The SMILES string of the molecule is Cc1cc(-n2cccn2)ccc1CN1CCN(c2cnn(C)c(=O)c2)CC1. The molecule has 27 heavy (non-hydrogen) atoms. The summed E-state index contributed by atoms with van der Waals surface area (Å²) in [5.41, 5.74) is 4.56. The highest BCUT2D eigenvalue weighted by Crippen LogP contribution is 2.18. The van der Waals surface area contributed by atoms with Gasteiger partial charge in [-0.2, -0.15) is 10.2 Å². The molecule has 0 atom stereocenters. The van der Waals surface area contributed by atoms with E-state index in [0.29, 0.717) is 0 Å². The lowest BCUT2D eigenvalue weighted by Crippen LogP contribution is -2.46. The molecular formula is C20H24N6O. The monoisotopic (exact) mass is 364 g/mol. The van der Waals surface area contributed by atoms with Crippen molar-refractivity contribution in [1.29, 1.82) is 0 Å². The molecule has 1 aliphatic rings. The summed E-state index contributed by atoms with van der Waals surface area (Å²) in [4.78, 5) is 16.5. The predicted octanol–water partition coefficient (Wildman–Crippen LogP) is 1.60. The maximum atomic E-state index is 11.8. The Kier molecular flexibility index (Phi) is 4.77. The quantitative estimate of drug-likeness (QED) is 0.704. The second kappa shape index (κ2) is 7.36. The molecule has 3 heterocycles. The van der Waals surface area contributed by atoms with Crippen molar-refractivity contribution in [1.82, 2.24) is 24.5 Å². The molecule has 0 aliphatic carbocycles. The molecule has 1 aromatic carbocycles. The van der Waals surface area contributed by atoms with Crippen LogP contribution in [0.15, 0.2) is 53.7 Å². The molecule has 0 amide bonds. The van der Waals surface area contributed by atoms with E-state index in [2.05, 4.69) is 45.1 Å². The van der Waals surface area contributed by atoms with Gasteiger partial charge in [0.2, 0.25) is 0 Å².